The molecule has 0 radical (unpaired) electrons. The fourth-order valence-corrected chi connectivity index (χ4v) is 4.33. The van der Waals surface area contributed by atoms with Gasteiger partial charge in [0.1, 0.15) is 17.2 Å². The molecule has 170 valence electrons. The number of H-pyrrole nitrogens is 1. The van der Waals surface area contributed by atoms with Gasteiger partial charge in [-0.2, -0.15) is 0 Å². The smallest absolute Gasteiger partial charge is 0.281 e. The van der Waals surface area contributed by atoms with Crippen LogP contribution in [0.25, 0.3) is 10.9 Å². The number of aromatic amines is 1. The van der Waals surface area contributed by atoms with Crippen LogP contribution < -0.4 is 19.5 Å². The topological polar surface area (TPSA) is 110 Å². The minimum Gasteiger partial charge on any atom is -0.497 e. The van der Waals surface area contributed by atoms with Crippen molar-refractivity contribution in [2.75, 3.05) is 19.0 Å². The summed E-state index contributed by atoms with van der Waals surface area (Å²) in [5, 5.41) is 4.06. The summed E-state index contributed by atoms with van der Waals surface area (Å²) in [5.41, 5.74) is 2.39. The van der Waals surface area contributed by atoms with E-state index >= 15 is 0 Å². The lowest BCUT2D eigenvalue weighted by Gasteiger charge is -2.10. The van der Waals surface area contributed by atoms with E-state index in [-0.39, 0.29) is 10.6 Å². The fourth-order valence-electron chi connectivity index (χ4n) is 3.36. The standard InChI is InChI=1S/C24H23N3O5S/c1-3-32-18-7-4-6-16(14-18)25-21-8-5-9-22-20(21)15-23(26-22)24(28)27-33(29,30)19-12-10-17(31-2)11-13-19/h4-15,25-26H,3H2,1-2H3,(H,27,28). The number of fused-ring (bicyclic) bond motifs is 1. The zero-order valence-electron chi connectivity index (χ0n) is 18.1. The van der Waals surface area contributed by atoms with Crippen molar-refractivity contribution in [2.24, 2.45) is 0 Å². The van der Waals surface area contributed by atoms with Crippen LogP contribution in [0, 0.1) is 0 Å². The maximum atomic E-state index is 12.7. The SMILES string of the molecule is CCOc1cccc(Nc2cccc3[nH]c(C(=O)NS(=O)(=O)c4ccc(OC)cc4)cc23)c1. The monoisotopic (exact) mass is 465 g/mol. The van der Waals surface area contributed by atoms with Gasteiger partial charge in [0.25, 0.3) is 15.9 Å². The van der Waals surface area contributed by atoms with Crippen molar-refractivity contribution in [1.29, 1.82) is 0 Å². The summed E-state index contributed by atoms with van der Waals surface area (Å²) >= 11 is 0. The Balaban J connectivity index is 1.58. The normalized spacial score (nSPS) is 11.2. The van der Waals surface area contributed by atoms with Crippen LogP contribution in [-0.2, 0) is 10.0 Å². The molecule has 0 aliphatic heterocycles. The van der Waals surface area contributed by atoms with Crippen LogP contribution in [0.4, 0.5) is 11.4 Å². The highest BCUT2D eigenvalue weighted by molar-refractivity contribution is 7.90. The molecule has 0 bridgehead atoms. The molecule has 1 aromatic heterocycles. The van der Waals surface area contributed by atoms with E-state index in [1.54, 1.807) is 6.07 Å². The second-order valence-corrected chi connectivity index (χ2v) is 8.83. The lowest BCUT2D eigenvalue weighted by Crippen LogP contribution is -2.30. The van der Waals surface area contributed by atoms with Crippen molar-refractivity contribution in [3.63, 3.8) is 0 Å². The molecule has 0 unspecified atom stereocenters. The van der Waals surface area contributed by atoms with Gasteiger partial charge in [0.2, 0.25) is 0 Å². The Morgan fingerprint density at radius 1 is 0.970 bits per heavy atom. The highest BCUT2D eigenvalue weighted by Crippen LogP contribution is 2.29. The zero-order valence-corrected chi connectivity index (χ0v) is 18.9. The number of rotatable bonds is 8. The summed E-state index contributed by atoms with van der Waals surface area (Å²) in [6.07, 6.45) is 0. The van der Waals surface area contributed by atoms with E-state index in [2.05, 4.69) is 15.0 Å². The van der Waals surface area contributed by atoms with Gasteiger partial charge in [-0.3, -0.25) is 4.79 Å². The summed E-state index contributed by atoms with van der Waals surface area (Å²) in [5.74, 6) is 0.501. The van der Waals surface area contributed by atoms with Gasteiger partial charge in [-0.05, 0) is 61.5 Å². The van der Waals surface area contributed by atoms with Crippen LogP contribution in [0.1, 0.15) is 17.4 Å². The molecule has 33 heavy (non-hydrogen) atoms. The van der Waals surface area contributed by atoms with Crippen molar-refractivity contribution < 1.29 is 22.7 Å². The van der Waals surface area contributed by atoms with E-state index in [9.17, 15) is 13.2 Å². The molecule has 0 fully saturated rings. The fraction of sp³-hybridized carbons (Fsp3) is 0.125. The van der Waals surface area contributed by atoms with E-state index in [1.807, 2.05) is 49.4 Å². The molecular weight excluding hydrogens is 442 g/mol. The molecule has 3 aromatic carbocycles. The predicted molar refractivity (Wildman–Crippen MR) is 127 cm³/mol. The quantitative estimate of drug-likeness (QED) is 0.355. The summed E-state index contributed by atoms with van der Waals surface area (Å²) in [4.78, 5) is 15.7. The molecule has 0 aliphatic rings. The van der Waals surface area contributed by atoms with Crippen molar-refractivity contribution in [3.8, 4) is 11.5 Å². The van der Waals surface area contributed by atoms with Gasteiger partial charge >= 0.3 is 0 Å². The minimum atomic E-state index is -4.04. The highest BCUT2D eigenvalue weighted by Gasteiger charge is 2.20. The number of amides is 1. The zero-order chi connectivity index (χ0) is 23.4. The van der Waals surface area contributed by atoms with Crippen molar-refractivity contribution in [1.82, 2.24) is 9.71 Å². The van der Waals surface area contributed by atoms with Crippen LogP contribution in [0.15, 0.2) is 77.7 Å². The second kappa shape index (κ2) is 9.25. The molecule has 0 spiro atoms. The molecule has 4 rings (SSSR count). The first-order valence-electron chi connectivity index (χ1n) is 10.2. The van der Waals surface area contributed by atoms with Crippen molar-refractivity contribution in [2.45, 2.75) is 11.8 Å². The second-order valence-electron chi connectivity index (χ2n) is 7.15. The average molecular weight is 466 g/mol. The van der Waals surface area contributed by atoms with Gasteiger partial charge in [-0.15, -0.1) is 0 Å². The molecule has 8 nitrogen and oxygen atoms in total. The molecule has 3 N–H and O–H groups in total. The Labute approximate surface area is 191 Å². The van der Waals surface area contributed by atoms with Crippen LogP contribution >= 0.6 is 0 Å². The third-order valence-electron chi connectivity index (χ3n) is 4.93. The van der Waals surface area contributed by atoms with Crippen LogP contribution in [0.5, 0.6) is 11.5 Å². The number of aromatic nitrogens is 1. The van der Waals surface area contributed by atoms with Gasteiger partial charge in [0, 0.05) is 28.3 Å². The number of methoxy groups -OCH3 is 1. The number of benzene rings is 3. The Morgan fingerprint density at radius 3 is 2.45 bits per heavy atom. The van der Waals surface area contributed by atoms with Gasteiger partial charge in [0.15, 0.2) is 0 Å². The molecule has 0 atom stereocenters. The van der Waals surface area contributed by atoms with E-state index in [0.29, 0.717) is 17.9 Å². The summed E-state index contributed by atoms with van der Waals surface area (Å²) in [6.45, 7) is 2.48. The van der Waals surface area contributed by atoms with E-state index in [0.717, 1.165) is 22.5 Å². The lowest BCUT2D eigenvalue weighted by atomic mass is 10.2. The lowest BCUT2D eigenvalue weighted by molar-refractivity contribution is 0.0977. The van der Waals surface area contributed by atoms with Gasteiger partial charge in [-0.1, -0.05) is 12.1 Å². The third-order valence-corrected chi connectivity index (χ3v) is 6.28. The summed E-state index contributed by atoms with van der Waals surface area (Å²) in [7, 11) is -2.56. The number of anilines is 2. The number of ether oxygens (including phenoxy) is 2. The number of carbonyl (C=O) groups excluding carboxylic acids is 1. The maximum Gasteiger partial charge on any atom is 0.281 e. The van der Waals surface area contributed by atoms with Crippen LogP contribution in [0.2, 0.25) is 0 Å². The first-order valence-corrected chi connectivity index (χ1v) is 11.7. The first-order chi connectivity index (χ1) is 15.9. The van der Waals surface area contributed by atoms with Crippen LogP contribution in [0.3, 0.4) is 0 Å². The van der Waals surface area contributed by atoms with E-state index < -0.39 is 15.9 Å². The molecule has 0 saturated carbocycles. The Morgan fingerprint density at radius 2 is 1.73 bits per heavy atom. The van der Waals surface area contributed by atoms with E-state index in [4.69, 9.17) is 9.47 Å². The average Bonchev–Trinajstić information content (AvgIpc) is 3.25. The highest BCUT2D eigenvalue weighted by atomic mass is 32.2. The molecule has 4 aromatic rings. The Bertz CT molecular complexity index is 1400. The largest absolute Gasteiger partial charge is 0.497 e. The number of sulfonamides is 1. The molecule has 9 heteroatoms. The van der Waals surface area contributed by atoms with E-state index in [1.165, 1.54) is 31.4 Å². The molecular formula is C24H23N3O5S. The summed E-state index contributed by atoms with van der Waals surface area (Å²) in [6, 6.07) is 20.5. The molecule has 0 saturated heterocycles. The minimum absolute atomic E-state index is 0.0377. The van der Waals surface area contributed by atoms with Crippen LogP contribution in [-0.4, -0.2) is 33.0 Å². The first kappa shape index (κ1) is 22.2. The number of hydrogen-bond donors (Lipinski definition) is 3. The molecule has 0 aliphatic carbocycles. The molecule has 1 heterocycles. The van der Waals surface area contributed by atoms with Crippen molar-refractivity contribution >= 4 is 38.2 Å². The Kier molecular flexibility index (Phi) is 6.23. The Hall–Kier alpha value is -3.98. The third kappa shape index (κ3) is 4.93. The number of carbonyl (C=O) groups is 1. The predicted octanol–water partition coefficient (Wildman–Crippen LogP) is 4.44. The maximum absolute atomic E-state index is 12.7. The number of hydrogen-bond acceptors (Lipinski definition) is 6. The van der Waals surface area contributed by atoms with Gasteiger partial charge in [-0.25, -0.2) is 13.1 Å². The van der Waals surface area contributed by atoms with Crippen molar-refractivity contribution in [3.05, 3.63) is 78.5 Å². The summed E-state index contributed by atoms with van der Waals surface area (Å²) < 4.78 is 37.9. The number of nitrogens with one attached hydrogen (secondary N) is 3. The molecule has 1 amide bonds. The van der Waals surface area contributed by atoms with Gasteiger partial charge in [0.05, 0.1) is 18.6 Å². The van der Waals surface area contributed by atoms with Gasteiger partial charge < -0.3 is 19.8 Å².